The monoisotopic (exact) mass is 341 g/mol. The van der Waals surface area contributed by atoms with E-state index in [1.54, 1.807) is 56.3 Å². The van der Waals surface area contributed by atoms with Crippen LogP contribution in [0.4, 0.5) is 17.1 Å². The Balaban J connectivity index is 2.24. The molecule has 6 heteroatoms. The lowest BCUT2D eigenvalue weighted by Gasteiger charge is -2.18. The molecule has 0 atom stereocenters. The molecule has 0 spiro atoms. The van der Waals surface area contributed by atoms with Crippen molar-refractivity contribution in [2.24, 2.45) is 0 Å². The highest BCUT2D eigenvalue weighted by atomic mass is 16.5. The molecule has 2 aromatic carbocycles. The highest BCUT2D eigenvalue weighted by Crippen LogP contribution is 2.23. The molecule has 0 unspecified atom stereocenters. The van der Waals surface area contributed by atoms with Crippen LogP contribution in [-0.2, 0) is 4.74 Å². The lowest BCUT2D eigenvalue weighted by molar-refractivity contribution is 0.0378. The molecule has 0 bridgehead atoms. The van der Waals surface area contributed by atoms with Crippen LogP contribution in [0.15, 0.2) is 42.5 Å². The van der Waals surface area contributed by atoms with Crippen LogP contribution in [0.5, 0.6) is 0 Å². The molecule has 0 heterocycles. The number of benzene rings is 2. The van der Waals surface area contributed by atoms with Gasteiger partial charge in [0.2, 0.25) is 0 Å². The van der Waals surface area contributed by atoms with Crippen LogP contribution in [0.2, 0.25) is 0 Å². The Kier molecular flexibility index (Phi) is 5.64. The number of ether oxygens (including phenoxy) is 1. The van der Waals surface area contributed by atoms with Gasteiger partial charge in [0.25, 0.3) is 5.91 Å². The van der Waals surface area contributed by atoms with Crippen molar-refractivity contribution < 1.29 is 14.3 Å². The summed E-state index contributed by atoms with van der Waals surface area (Å²) < 4.78 is 5.17. The van der Waals surface area contributed by atoms with E-state index in [0.29, 0.717) is 22.5 Å². The molecule has 0 fully saturated rings. The highest BCUT2D eigenvalue weighted by Gasteiger charge is 2.15. The van der Waals surface area contributed by atoms with Crippen LogP contribution in [0.1, 0.15) is 34.6 Å². The summed E-state index contributed by atoms with van der Waals surface area (Å²) in [5.41, 5.74) is 8.42. The zero-order chi connectivity index (χ0) is 18.6. The van der Waals surface area contributed by atoms with E-state index in [1.807, 2.05) is 19.0 Å². The van der Waals surface area contributed by atoms with Gasteiger partial charge < -0.3 is 20.7 Å². The average Bonchev–Trinajstić information content (AvgIpc) is 2.54. The second-order valence-electron chi connectivity index (χ2n) is 6.16. The highest BCUT2D eigenvalue weighted by molar-refractivity contribution is 6.09. The van der Waals surface area contributed by atoms with Crippen molar-refractivity contribution in [1.29, 1.82) is 0 Å². The molecule has 0 aromatic heterocycles. The molecule has 0 saturated heterocycles. The molecular weight excluding hydrogens is 318 g/mol. The number of hydrogen-bond acceptors (Lipinski definition) is 5. The second kappa shape index (κ2) is 7.70. The zero-order valence-corrected chi connectivity index (χ0v) is 14.9. The first-order chi connectivity index (χ1) is 11.8. The summed E-state index contributed by atoms with van der Waals surface area (Å²) >= 11 is 0. The predicted octanol–water partition coefficient (Wildman–Crippen LogP) is 3.15. The molecule has 0 aliphatic rings. The van der Waals surface area contributed by atoms with Gasteiger partial charge in [0, 0.05) is 31.2 Å². The summed E-state index contributed by atoms with van der Waals surface area (Å²) in [7, 11) is 3.70. The molecule has 2 rings (SSSR count). The topological polar surface area (TPSA) is 84.7 Å². The van der Waals surface area contributed by atoms with Crippen molar-refractivity contribution in [2.45, 2.75) is 20.0 Å². The number of nitrogen functional groups attached to an aromatic ring is 1. The Morgan fingerprint density at radius 2 is 1.84 bits per heavy atom. The fourth-order valence-electron chi connectivity index (χ4n) is 2.33. The van der Waals surface area contributed by atoms with Crippen LogP contribution < -0.4 is 16.0 Å². The van der Waals surface area contributed by atoms with E-state index >= 15 is 0 Å². The number of rotatable bonds is 5. The van der Waals surface area contributed by atoms with Crippen molar-refractivity contribution in [3.8, 4) is 0 Å². The van der Waals surface area contributed by atoms with Crippen LogP contribution in [0.25, 0.3) is 0 Å². The Labute approximate surface area is 147 Å². The van der Waals surface area contributed by atoms with Crippen LogP contribution in [0, 0.1) is 0 Å². The largest absolute Gasteiger partial charge is 0.459 e. The Hall–Kier alpha value is -3.02. The second-order valence-corrected chi connectivity index (χ2v) is 6.16. The molecule has 0 saturated carbocycles. The number of esters is 1. The molecule has 2 aromatic rings. The molecule has 0 aliphatic heterocycles. The van der Waals surface area contributed by atoms with E-state index in [1.165, 1.54) is 0 Å². The Bertz CT molecular complexity index is 785. The van der Waals surface area contributed by atoms with E-state index in [0.717, 1.165) is 5.69 Å². The smallest absolute Gasteiger partial charge is 0.338 e. The summed E-state index contributed by atoms with van der Waals surface area (Å²) in [6, 6.07) is 11.8. The van der Waals surface area contributed by atoms with Crippen molar-refractivity contribution >= 4 is 28.9 Å². The van der Waals surface area contributed by atoms with Crippen LogP contribution in [-0.4, -0.2) is 32.1 Å². The van der Waals surface area contributed by atoms with Gasteiger partial charge in [-0.25, -0.2) is 4.79 Å². The van der Waals surface area contributed by atoms with Gasteiger partial charge in [-0.2, -0.15) is 0 Å². The maximum absolute atomic E-state index is 12.6. The SMILES string of the molecule is CC(C)OC(=O)c1cccc(NC(=O)c2cc(N)ccc2N(C)C)c1. The predicted molar refractivity (Wildman–Crippen MR) is 100 cm³/mol. The normalized spacial score (nSPS) is 10.4. The van der Waals surface area contributed by atoms with Crippen molar-refractivity contribution in [3.63, 3.8) is 0 Å². The molecule has 1 amide bonds. The zero-order valence-electron chi connectivity index (χ0n) is 14.9. The van der Waals surface area contributed by atoms with E-state index in [4.69, 9.17) is 10.5 Å². The van der Waals surface area contributed by atoms with Gasteiger partial charge in [-0.3, -0.25) is 4.79 Å². The molecule has 6 nitrogen and oxygen atoms in total. The summed E-state index contributed by atoms with van der Waals surface area (Å²) in [5.74, 6) is -0.727. The Morgan fingerprint density at radius 1 is 1.12 bits per heavy atom. The van der Waals surface area contributed by atoms with Gasteiger partial charge in [0.05, 0.1) is 17.2 Å². The van der Waals surface area contributed by atoms with Gasteiger partial charge in [-0.05, 0) is 50.2 Å². The van der Waals surface area contributed by atoms with E-state index in [2.05, 4.69) is 5.32 Å². The van der Waals surface area contributed by atoms with Crippen LogP contribution >= 0.6 is 0 Å². The third-order valence-electron chi connectivity index (χ3n) is 3.45. The van der Waals surface area contributed by atoms with E-state index in [-0.39, 0.29) is 12.0 Å². The number of hydrogen-bond donors (Lipinski definition) is 2. The lowest BCUT2D eigenvalue weighted by Crippen LogP contribution is -2.19. The third-order valence-corrected chi connectivity index (χ3v) is 3.45. The molecule has 132 valence electrons. The number of nitrogens with two attached hydrogens (primary N) is 1. The first kappa shape index (κ1) is 18.3. The summed E-state index contributed by atoms with van der Waals surface area (Å²) in [6.07, 6.45) is -0.208. The molecule has 3 N–H and O–H groups in total. The summed E-state index contributed by atoms with van der Waals surface area (Å²) in [5, 5.41) is 2.80. The van der Waals surface area contributed by atoms with Crippen LogP contribution in [0.3, 0.4) is 0 Å². The molecular formula is C19H23N3O3. The first-order valence-corrected chi connectivity index (χ1v) is 7.97. The first-order valence-electron chi connectivity index (χ1n) is 7.97. The maximum atomic E-state index is 12.6. The Morgan fingerprint density at radius 3 is 2.48 bits per heavy atom. The van der Waals surface area contributed by atoms with Crippen molar-refractivity contribution in [1.82, 2.24) is 0 Å². The van der Waals surface area contributed by atoms with Gasteiger partial charge in [-0.1, -0.05) is 6.07 Å². The number of carbonyl (C=O) groups is 2. The van der Waals surface area contributed by atoms with Gasteiger partial charge in [0.1, 0.15) is 0 Å². The van der Waals surface area contributed by atoms with E-state index in [9.17, 15) is 9.59 Å². The minimum atomic E-state index is -0.427. The molecule has 25 heavy (non-hydrogen) atoms. The third kappa shape index (κ3) is 4.73. The van der Waals surface area contributed by atoms with Crippen molar-refractivity contribution in [2.75, 3.05) is 30.0 Å². The minimum Gasteiger partial charge on any atom is -0.459 e. The van der Waals surface area contributed by atoms with Gasteiger partial charge >= 0.3 is 5.97 Å². The minimum absolute atomic E-state index is 0.208. The fraction of sp³-hybridized carbons (Fsp3) is 0.263. The number of carbonyl (C=O) groups excluding carboxylic acids is 2. The van der Waals surface area contributed by atoms with E-state index < -0.39 is 5.97 Å². The molecule has 0 radical (unpaired) electrons. The number of nitrogens with zero attached hydrogens (tertiary/aromatic N) is 1. The lowest BCUT2D eigenvalue weighted by atomic mass is 10.1. The van der Waals surface area contributed by atoms with Crippen molar-refractivity contribution in [3.05, 3.63) is 53.6 Å². The standard InChI is InChI=1S/C19H23N3O3/c1-12(2)25-19(24)13-6-5-7-15(10-13)21-18(23)16-11-14(20)8-9-17(16)22(3)4/h5-12H,20H2,1-4H3,(H,21,23). The number of nitrogens with one attached hydrogen (secondary N) is 1. The van der Waals surface area contributed by atoms with Gasteiger partial charge in [-0.15, -0.1) is 0 Å². The molecule has 0 aliphatic carbocycles. The maximum Gasteiger partial charge on any atom is 0.338 e. The fourth-order valence-corrected chi connectivity index (χ4v) is 2.33. The number of amides is 1. The quantitative estimate of drug-likeness (QED) is 0.644. The van der Waals surface area contributed by atoms with Gasteiger partial charge in [0.15, 0.2) is 0 Å². The summed E-state index contributed by atoms with van der Waals surface area (Å²) in [6.45, 7) is 3.57. The average molecular weight is 341 g/mol. The summed E-state index contributed by atoms with van der Waals surface area (Å²) in [4.78, 5) is 26.5. The number of anilines is 3.